The van der Waals surface area contributed by atoms with Crippen molar-refractivity contribution in [2.75, 3.05) is 25.6 Å². The summed E-state index contributed by atoms with van der Waals surface area (Å²) < 4.78 is 13.4. The molecular formula is C22H21N5O3. The molecule has 0 amide bonds. The van der Waals surface area contributed by atoms with Crippen molar-refractivity contribution in [3.8, 4) is 11.8 Å². The van der Waals surface area contributed by atoms with Crippen molar-refractivity contribution in [1.29, 1.82) is 0 Å². The van der Waals surface area contributed by atoms with Crippen LogP contribution in [-0.2, 0) is 22.4 Å². The summed E-state index contributed by atoms with van der Waals surface area (Å²) in [5.41, 5.74) is 2.13. The predicted molar refractivity (Wildman–Crippen MR) is 111 cm³/mol. The summed E-state index contributed by atoms with van der Waals surface area (Å²) in [7, 11) is 1.76. The molecule has 152 valence electrons. The molecule has 1 saturated heterocycles. The van der Waals surface area contributed by atoms with E-state index < -0.39 is 5.79 Å². The van der Waals surface area contributed by atoms with Crippen molar-refractivity contribution in [1.82, 2.24) is 19.5 Å². The molecule has 1 N–H and O–H groups in total. The van der Waals surface area contributed by atoms with Crippen molar-refractivity contribution in [3.05, 3.63) is 57.9 Å². The van der Waals surface area contributed by atoms with Crippen molar-refractivity contribution in [3.63, 3.8) is 0 Å². The van der Waals surface area contributed by atoms with Crippen LogP contribution in [0.25, 0.3) is 10.9 Å². The van der Waals surface area contributed by atoms with E-state index in [1.165, 1.54) is 0 Å². The number of hydrogen-bond donors (Lipinski definition) is 1. The molecule has 0 bridgehead atoms. The van der Waals surface area contributed by atoms with Crippen LogP contribution in [0.2, 0.25) is 0 Å². The number of hydrogen-bond acceptors (Lipinski definition) is 7. The molecule has 5 rings (SSSR count). The lowest BCUT2D eigenvalue weighted by Crippen LogP contribution is -2.31. The summed E-state index contributed by atoms with van der Waals surface area (Å²) in [4.78, 5) is 26.2. The minimum Gasteiger partial charge on any atom is -0.357 e. The van der Waals surface area contributed by atoms with Crippen LogP contribution in [0.5, 0.6) is 0 Å². The zero-order chi connectivity index (χ0) is 20.6. The molecule has 1 spiro atoms. The largest absolute Gasteiger partial charge is 0.357 e. The first-order valence-corrected chi connectivity index (χ1v) is 9.99. The summed E-state index contributed by atoms with van der Waals surface area (Å²) in [6.45, 7) is 1.75. The smallest absolute Gasteiger partial charge is 0.261 e. The van der Waals surface area contributed by atoms with Crippen LogP contribution in [0, 0.1) is 11.8 Å². The van der Waals surface area contributed by atoms with Gasteiger partial charge in [-0.3, -0.25) is 9.36 Å². The Morgan fingerprint density at radius 1 is 1.10 bits per heavy atom. The lowest BCUT2D eigenvalue weighted by molar-refractivity contribution is -0.165. The number of benzene rings is 1. The fraction of sp³-hybridized carbons (Fsp3) is 0.364. The van der Waals surface area contributed by atoms with E-state index in [1.54, 1.807) is 30.1 Å². The zero-order valence-electron chi connectivity index (χ0n) is 16.6. The summed E-state index contributed by atoms with van der Waals surface area (Å²) >= 11 is 0. The first-order valence-electron chi connectivity index (χ1n) is 9.99. The van der Waals surface area contributed by atoms with Gasteiger partial charge in [-0.25, -0.2) is 15.0 Å². The average Bonchev–Trinajstić information content (AvgIpc) is 3.17. The number of nitrogens with zero attached hydrogens (tertiary/aromatic N) is 4. The van der Waals surface area contributed by atoms with Crippen molar-refractivity contribution in [2.24, 2.45) is 0 Å². The number of ether oxygens (including phenoxy) is 2. The van der Waals surface area contributed by atoms with Crippen molar-refractivity contribution < 1.29 is 9.47 Å². The molecule has 4 heterocycles. The minimum absolute atomic E-state index is 0.0272. The van der Waals surface area contributed by atoms with Gasteiger partial charge in [0, 0.05) is 50.8 Å². The quantitative estimate of drug-likeness (QED) is 0.619. The molecule has 8 heteroatoms. The van der Waals surface area contributed by atoms with Gasteiger partial charge in [0.15, 0.2) is 5.79 Å². The molecule has 2 aliphatic rings. The van der Waals surface area contributed by atoms with Gasteiger partial charge in [-0.2, -0.15) is 0 Å². The molecule has 0 saturated carbocycles. The summed E-state index contributed by atoms with van der Waals surface area (Å²) in [6.07, 6.45) is 5.33. The molecule has 30 heavy (non-hydrogen) atoms. The molecule has 0 unspecified atom stereocenters. The number of nitrogens with one attached hydrogen (secondary N) is 1. The standard InChI is InChI=1S/C22H21N5O3/c1-23-21-24-13-16(14-25-21)3-2-15-4-5-17-18(12-15)26-19-6-7-22(29-10-11-30-22)8-9-27(19)20(17)28/h4-5,12-14H,6-11H2,1H3,(H,23,24,25). The Hall–Kier alpha value is -3.28. The first kappa shape index (κ1) is 18.7. The number of aryl methyl sites for hydroxylation is 1. The van der Waals surface area contributed by atoms with Crippen molar-refractivity contribution >= 4 is 16.9 Å². The Morgan fingerprint density at radius 3 is 2.63 bits per heavy atom. The zero-order valence-corrected chi connectivity index (χ0v) is 16.6. The summed E-state index contributed by atoms with van der Waals surface area (Å²) in [5.74, 6) is 6.89. The Labute approximate surface area is 173 Å². The second kappa shape index (κ2) is 7.52. The van der Waals surface area contributed by atoms with Crippen LogP contribution in [-0.4, -0.2) is 45.6 Å². The van der Waals surface area contributed by atoms with Gasteiger partial charge < -0.3 is 14.8 Å². The summed E-state index contributed by atoms with van der Waals surface area (Å²) in [5, 5.41) is 3.47. The molecule has 1 fully saturated rings. The van der Waals surface area contributed by atoms with Gasteiger partial charge in [0.1, 0.15) is 5.82 Å². The average molecular weight is 403 g/mol. The van der Waals surface area contributed by atoms with E-state index in [9.17, 15) is 4.79 Å². The topological polar surface area (TPSA) is 91.2 Å². The third-order valence-corrected chi connectivity index (χ3v) is 5.52. The van der Waals surface area contributed by atoms with E-state index in [0.29, 0.717) is 61.4 Å². The Balaban J connectivity index is 1.47. The van der Waals surface area contributed by atoms with Crippen molar-refractivity contribution in [2.45, 2.75) is 31.6 Å². The van der Waals surface area contributed by atoms with Gasteiger partial charge in [-0.05, 0) is 18.2 Å². The van der Waals surface area contributed by atoms with Gasteiger partial charge >= 0.3 is 0 Å². The molecule has 1 aromatic carbocycles. The fourth-order valence-electron chi connectivity index (χ4n) is 3.93. The van der Waals surface area contributed by atoms with E-state index in [1.807, 2.05) is 12.1 Å². The lowest BCUT2D eigenvalue weighted by atomic mass is 10.1. The molecule has 0 radical (unpaired) electrons. The van der Waals surface area contributed by atoms with Gasteiger partial charge in [0.2, 0.25) is 5.95 Å². The second-order valence-electron chi connectivity index (χ2n) is 7.37. The molecule has 0 atom stereocenters. The van der Waals surface area contributed by atoms with E-state index >= 15 is 0 Å². The fourth-order valence-corrected chi connectivity index (χ4v) is 3.93. The van der Waals surface area contributed by atoms with Gasteiger partial charge in [-0.15, -0.1) is 0 Å². The lowest BCUT2D eigenvalue weighted by Gasteiger charge is -2.24. The number of aromatic nitrogens is 4. The van der Waals surface area contributed by atoms with E-state index in [0.717, 1.165) is 11.4 Å². The minimum atomic E-state index is -0.576. The number of rotatable bonds is 1. The maximum atomic E-state index is 13.1. The third kappa shape index (κ3) is 3.43. The monoisotopic (exact) mass is 403 g/mol. The van der Waals surface area contributed by atoms with E-state index in [2.05, 4.69) is 27.1 Å². The predicted octanol–water partition coefficient (Wildman–Crippen LogP) is 1.71. The highest BCUT2D eigenvalue weighted by Gasteiger charge is 2.38. The molecular weight excluding hydrogens is 382 g/mol. The molecule has 2 aliphatic heterocycles. The van der Waals surface area contributed by atoms with Crippen LogP contribution < -0.4 is 10.9 Å². The van der Waals surface area contributed by atoms with Crippen LogP contribution in [0.1, 0.15) is 29.8 Å². The third-order valence-electron chi connectivity index (χ3n) is 5.52. The molecule has 8 nitrogen and oxygen atoms in total. The second-order valence-corrected chi connectivity index (χ2v) is 7.37. The summed E-state index contributed by atoms with van der Waals surface area (Å²) in [6, 6.07) is 5.50. The molecule has 0 aliphatic carbocycles. The SMILES string of the molecule is CNc1ncc(C#Cc2ccc3c(=O)n4c(nc3c2)CCC2(CC4)OCCO2)cn1. The van der Waals surface area contributed by atoms with Gasteiger partial charge in [-0.1, -0.05) is 11.8 Å². The van der Waals surface area contributed by atoms with Crippen LogP contribution in [0.15, 0.2) is 35.4 Å². The Bertz CT molecular complexity index is 1220. The maximum Gasteiger partial charge on any atom is 0.261 e. The first-order chi connectivity index (χ1) is 14.7. The van der Waals surface area contributed by atoms with Crippen LogP contribution >= 0.6 is 0 Å². The van der Waals surface area contributed by atoms with Crippen LogP contribution in [0.3, 0.4) is 0 Å². The number of fused-ring (bicyclic) bond motifs is 2. The highest BCUT2D eigenvalue weighted by Crippen LogP contribution is 2.31. The normalized spacial score (nSPS) is 17.2. The Kier molecular flexibility index (Phi) is 4.69. The maximum absolute atomic E-state index is 13.1. The van der Waals surface area contributed by atoms with Gasteiger partial charge in [0.25, 0.3) is 5.56 Å². The Morgan fingerprint density at radius 2 is 1.87 bits per heavy atom. The van der Waals surface area contributed by atoms with Crippen LogP contribution in [0.4, 0.5) is 5.95 Å². The van der Waals surface area contributed by atoms with E-state index in [4.69, 9.17) is 14.5 Å². The van der Waals surface area contributed by atoms with E-state index in [-0.39, 0.29) is 5.56 Å². The number of anilines is 1. The van der Waals surface area contributed by atoms with Gasteiger partial charge in [0.05, 0.1) is 29.7 Å². The molecule has 3 aromatic rings. The molecule has 2 aromatic heterocycles. The highest BCUT2D eigenvalue weighted by atomic mass is 16.7. The highest BCUT2D eigenvalue weighted by molar-refractivity contribution is 5.79.